The minimum absolute atomic E-state index is 0.0880. The second kappa shape index (κ2) is 8.53. The lowest BCUT2D eigenvalue weighted by atomic mass is 9.82. The van der Waals surface area contributed by atoms with Crippen molar-refractivity contribution in [2.24, 2.45) is 0 Å². The Bertz CT molecular complexity index is 1350. The fraction of sp³-hybridized carbons (Fsp3) is 0.387. The minimum atomic E-state index is -1.23. The fourth-order valence-corrected chi connectivity index (χ4v) is 5.07. The standard InChI is InChI=1S/C31H40N2Si/c1-30(2,3)23-15-16-25-22(18-23)17-21-13-14-24(31(4,5)6)19-26(21)29(25)27-11-10-12-28(33-27)32-20-34(7,8)9/h10-19H,20H2,1-9H3,(H,32,33). The van der Waals surface area contributed by atoms with Gasteiger partial charge in [0, 0.05) is 11.7 Å². The molecule has 0 atom stereocenters. The number of anilines is 1. The molecule has 1 heterocycles. The van der Waals surface area contributed by atoms with Crippen molar-refractivity contribution in [2.45, 2.75) is 72.0 Å². The lowest BCUT2D eigenvalue weighted by molar-refractivity contribution is 0.590. The van der Waals surface area contributed by atoms with Gasteiger partial charge in [0.2, 0.25) is 0 Å². The Labute approximate surface area is 206 Å². The van der Waals surface area contributed by atoms with E-state index in [0.29, 0.717) is 0 Å². The first-order chi connectivity index (χ1) is 15.7. The van der Waals surface area contributed by atoms with Crippen molar-refractivity contribution < 1.29 is 0 Å². The molecule has 3 aromatic carbocycles. The highest BCUT2D eigenvalue weighted by atomic mass is 28.3. The molecule has 4 aromatic rings. The summed E-state index contributed by atoms with van der Waals surface area (Å²) in [5, 5.41) is 8.69. The highest BCUT2D eigenvalue weighted by molar-refractivity contribution is 6.76. The first kappa shape index (κ1) is 24.5. The Morgan fingerprint density at radius 2 is 1.35 bits per heavy atom. The van der Waals surface area contributed by atoms with E-state index < -0.39 is 8.07 Å². The first-order valence-electron chi connectivity index (χ1n) is 12.5. The van der Waals surface area contributed by atoms with Gasteiger partial charge in [0.25, 0.3) is 0 Å². The summed E-state index contributed by atoms with van der Waals surface area (Å²) in [5.41, 5.74) is 5.17. The Morgan fingerprint density at radius 3 is 2.00 bits per heavy atom. The van der Waals surface area contributed by atoms with E-state index in [1.165, 1.54) is 38.2 Å². The number of hydrogen-bond acceptors (Lipinski definition) is 2. The molecule has 0 aliphatic heterocycles. The van der Waals surface area contributed by atoms with Gasteiger partial charge in [0.1, 0.15) is 5.82 Å². The van der Waals surface area contributed by atoms with Gasteiger partial charge in [-0.25, -0.2) is 4.98 Å². The minimum Gasteiger partial charge on any atom is -0.373 e. The quantitative estimate of drug-likeness (QED) is 0.239. The zero-order valence-electron chi connectivity index (χ0n) is 22.4. The molecule has 0 aliphatic rings. The van der Waals surface area contributed by atoms with Gasteiger partial charge in [-0.3, -0.25) is 0 Å². The van der Waals surface area contributed by atoms with Crippen molar-refractivity contribution in [3.8, 4) is 11.3 Å². The lowest BCUT2D eigenvalue weighted by Crippen LogP contribution is -2.31. The van der Waals surface area contributed by atoms with Gasteiger partial charge in [0.05, 0.1) is 13.8 Å². The van der Waals surface area contributed by atoms with Crippen LogP contribution in [0, 0.1) is 0 Å². The van der Waals surface area contributed by atoms with E-state index in [9.17, 15) is 0 Å². The van der Waals surface area contributed by atoms with E-state index in [1.54, 1.807) is 0 Å². The monoisotopic (exact) mass is 468 g/mol. The molecule has 0 saturated carbocycles. The highest BCUT2D eigenvalue weighted by Gasteiger charge is 2.20. The van der Waals surface area contributed by atoms with Gasteiger partial charge in [-0.15, -0.1) is 0 Å². The van der Waals surface area contributed by atoms with Crippen LogP contribution in [0.5, 0.6) is 0 Å². The van der Waals surface area contributed by atoms with Crippen molar-refractivity contribution in [3.63, 3.8) is 0 Å². The van der Waals surface area contributed by atoms with Gasteiger partial charge < -0.3 is 5.32 Å². The molecule has 0 radical (unpaired) electrons. The van der Waals surface area contributed by atoms with Crippen LogP contribution >= 0.6 is 0 Å². The molecule has 2 nitrogen and oxygen atoms in total. The van der Waals surface area contributed by atoms with Crippen molar-refractivity contribution in [1.29, 1.82) is 0 Å². The number of nitrogens with zero attached hydrogens (tertiary/aromatic N) is 1. The van der Waals surface area contributed by atoms with E-state index in [-0.39, 0.29) is 10.8 Å². The zero-order chi connectivity index (χ0) is 24.9. The predicted molar refractivity (Wildman–Crippen MR) is 154 cm³/mol. The molecule has 0 saturated heterocycles. The van der Waals surface area contributed by atoms with Crippen LogP contribution in [0.15, 0.2) is 60.7 Å². The van der Waals surface area contributed by atoms with Crippen LogP contribution in [0.3, 0.4) is 0 Å². The molecule has 0 bridgehead atoms. The molecule has 178 valence electrons. The summed E-state index contributed by atoms with van der Waals surface area (Å²) < 4.78 is 0. The molecule has 1 aromatic heterocycles. The third kappa shape index (κ3) is 5.20. The fourth-order valence-electron chi connectivity index (χ4n) is 4.36. The molecule has 4 rings (SSSR count). The van der Waals surface area contributed by atoms with Gasteiger partial charge in [0.15, 0.2) is 0 Å². The van der Waals surface area contributed by atoms with E-state index in [0.717, 1.165) is 17.7 Å². The SMILES string of the molecule is CC(C)(C)c1ccc2c(-c3cccc(NC[Si](C)(C)C)n3)c3cc(C(C)(C)C)ccc3cc2c1. The maximum absolute atomic E-state index is 5.12. The summed E-state index contributed by atoms with van der Waals surface area (Å²) in [6.45, 7) is 20.8. The zero-order valence-corrected chi connectivity index (χ0v) is 23.4. The van der Waals surface area contributed by atoms with Crippen LogP contribution < -0.4 is 5.32 Å². The lowest BCUT2D eigenvalue weighted by Gasteiger charge is -2.23. The molecule has 0 aliphatic carbocycles. The van der Waals surface area contributed by atoms with Crippen LogP contribution in [0.25, 0.3) is 32.8 Å². The largest absolute Gasteiger partial charge is 0.373 e. The summed E-state index contributed by atoms with van der Waals surface area (Å²) in [7, 11) is -1.23. The van der Waals surface area contributed by atoms with Gasteiger partial charge in [-0.2, -0.15) is 0 Å². The number of fused-ring (bicyclic) bond motifs is 2. The molecule has 0 amide bonds. The topological polar surface area (TPSA) is 24.9 Å². The van der Waals surface area contributed by atoms with Crippen LogP contribution in [0.1, 0.15) is 52.7 Å². The second-order valence-corrected chi connectivity index (χ2v) is 18.4. The van der Waals surface area contributed by atoms with E-state index in [4.69, 9.17) is 4.98 Å². The van der Waals surface area contributed by atoms with Crippen molar-refractivity contribution in [2.75, 3.05) is 11.5 Å². The Morgan fingerprint density at radius 1 is 0.706 bits per heavy atom. The maximum atomic E-state index is 5.12. The number of hydrogen-bond donors (Lipinski definition) is 1. The van der Waals surface area contributed by atoms with Crippen molar-refractivity contribution in [3.05, 3.63) is 71.8 Å². The average molecular weight is 469 g/mol. The molecule has 0 fully saturated rings. The normalized spacial score (nSPS) is 13.0. The van der Waals surface area contributed by atoms with Crippen molar-refractivity contribution >= 4 is 35.4 Å². The molecule has 34 heavy (non-hydrogen) atoms. The number of rotatable bonds is 4. The number of pyridine rings is 1. The first-order valence-corrected chi connectivity index (χ1v) is 16.2. The summed E-state index contributed by atoms with van der Waals surface area (Å²) in [6, 6.07) is 22.6. The Balaban J connectivity index is 2.00. The number of aromatic nitrogens is 1. The molecular weight excluding hydrogens is 428 g/mol. The number of nitrogens with one attached hydrogen (secondary N) is 1. The Kier molecular flexibility index (Phi) is 6.14. The van der Waals surface area contributed by atoms with E-state index >= 15 is 0 Å². The van der Waals surface area contributed by atoms with E-state index in [2.05, 4.69) is 127 Å². The van der Waals surface area contributed by atoms with Crippen LogP contribution in [0.4, 0.5) is 5.82 Å². The smallest absolute Gasteiger partial charge is 0.126 e. The predicted octanol–water partition coefficient (Wildman–Crippen LogP) is 8.94. The number of benzene rings is 3. The third-order valence-corrected chi connectivity index (χ3v) is 7.73. The van der Waals surface area contributed by atoms with Crippen LogP contribution in [-0.2, 0) is 10.8 Å². The van der Waals surface area contributed by atoms with Crippen LogP contribution in [0.2, 0.25) is 19.6 Å². The Hall–Kier alpha value is -2.65. The molecule has 3 heteroatoms. The molecular formula is C31H40N2Si. The highest BCUT2D eigenvalue weighted by Crippen LogP contribution is 2.39. The summed E-state index contributed by atoms with van der Waals surface area (Å²) in [4.78, 5) is 5.12. The second-order valence-electron chi connectivity index (χ2n) is 12.9. The van der Waals surface area contributed by atoms with Gasteiger partial charge in [-0.1, -0.05) is 97.6 Å². The molecule has 1 N–H and O–H groups in total. The summed E-state index contributed by atoms with van der Waals surface area (Å²) in [5.74, 6) is 0.961. The summed E-state index contributed by atoms with van der Waals surface area (Å²) in [6.07, 6.45) is 1.02. The molecule has 0 unspecified atom stereocenters. The maximum Gasteiger partial charge on any atom is 0.126 e. The molecule has 0 spiro atoms. The summed E-state index contributed by atoms with van der Waals surface area (Å²) >= 11 is 0. The van der Waals surface area contributed by atoms with Crippen molar-refractivity contribution in [1.82, 2.24) is 4.98 Å². The van der Waals surface area contributed by atoms with E-state index in [1.807, 2.05) is 0 Å². The van der Waals surface area contributed by atoms with Gasteiger partial charge in [-0.05, 0) is 67.8 Å². The third-order valence-electron chi connectivity index (χ3n) is 6.49. The van der Waals surface area contributed by atoms with Gasteiger partial charge >= 0.3 is 0 Å². The average Bonchev–Trinajstić information content (AvgIpc) is 2.73. The van der Waals surface area contributed by atoms with Crippen LogP contribution in [-0.4, -0.2) is 19.2 Å².